The maximum absolute atomic E-state index is 13.4. The highest BCUT2D eigenvalue weighted by Crippen LogP contribution is 2.22. The summed E-state index contributed by atoms with van der Waals surface area (Å²) in [4.78, 5) is 42.1. The van der Waals surface area contributed by atoms with Gasteiger partial charge in [-0.15, -0.1) is 0 Å². The highest BCUT2D eigenvalue weighted by Gasteiger charge is 2.20. The van der Waals surface area contributed by atoms with E-state index in [1.165, 1.54) is 4.40 Å². The van der Waals surface area contributed by atoms with Gasteiger partial charge in [-0.05, 0) is 36.2 Å². The molecular formula is C21H21N5O3. The van der Waals surface area contributed by atoms with E-state index in [1.54, 1.807) is 48.5 Å². The molecule has 2 N–H and O–H groups in total. The summed E-state index contributed by atoms with van der Waals surface area (Å²) in [6.07, 6.45) is 0.927. The number of nitrogens with zero attached hydrogens (tertiary/aromatic N) is 4. The molecule has 4 rings (SSSR count). The maximum Gasteiger partial charge on any atom is 0.359 e. The zero-order valence-electron chi connectivity index (χ0n) is 16.2. The van der Waals surface area contributed by atoms with Crippen molar-refractivity contribution in [2.24, 2.45) is 11.7 Å². The number of benzene rings is 2. The molecule has 2 heterocycles. The van der Waals surface area contributed by atoms with Gasteiger partial charge in [0.25, 0.3) is 0 Å². The number of hydrogen-bond donors (Lipinski definition) is 1. The van der Waals surface area contributed by atoms with E-state index in [0.717, 1.165) is 11.0 Å². The van der Waals surface area contributed by atoms with Crippen LogP contribution in [0.3, 0.4) is 0 Å². The molecule has 0 aliphatic carbocycles. The first-order valence-electron chi connectivity index (χ1n) is 9.45. The highest BCUT2D eigenvalue weighted by molar-refractivity contribution is 5.97. The zero-order valence-corrected chi connectivity index (χ0v) is 16.2. The van der Waals surface area contributed by atoms with E-state index in [0.29, 0.717) is 29.2 Å². The number of amides is 1. The molecule has 0 radical (unpaired) electrons. The number of fused-ring (bicyclic) bond motifs is 3. The van der Waals surface area contributed by atoms with E-state index >= 15 is 0 Å². The fourth-order valence-corrected chi connectivity index (χ4v) is 3.46. The average Bonchev–Trinajstić information content (AvgIpc) is 3.01. The molecule has 0 bridgehead atoms. The van der Waals surface area contributed by atoms with E-state index in [2.05, 4.69) is 18.8 Å². The van der Waals surface area contributed by atoms with Crippen molar-refractivity contribution >= 4 is 22.7 Å². The Hall–Kier alpha value is -3.68. The van der Waals surface area contributed by atoms with Gasteiger partial charge < -0.3 is 10.3 Å². The number of nitrogens with two attached hydrogens (primary N) is 1. The first kappa shape index (κ1) is 18.7. The Morgan fingerprint density at radius 1 is 1.10 bits per heavy atom. The van der Waals surface area contributed by atoms with Crippen molar-refractivity contribution in [2.45, 2.75) is 26.8 Å². The molecule has 0 saturated heterocycles. The first-order valence-corrected chi connectivity index (χ1v) is 9.45. The molecule has 0 fully saturated rings. The van der Waals surface area contributed by atoms with Crippen molar-refractivity contribution < 1.29 is 4.79 Å². The van der Waals surface area contributed by atoms with Crippen molar-refractivity contribution in [3.05, 3.63) is 75.1 Å². The van der Waals surface area contributed by atoms with Crippen LogP contribution >= 0.6 is 0 Å². The second-order valence-corrected chi connectivity index (χ2v) is 7.18. The van der Waals surface area contributed by atoms with E-state index < -0.39 is 17.3 Å². The number of imidazole rings is 1. The Morgan fingerprint density at radius 3 is 2.48 bits per heavy atom. The first-order chi connectivity index (χ1) is 13.9. The Morgan fingerprint density at radius 2 is 1.83 bits per heavy atom. The Labute approximate surface area is 165 Å². The molecule has 8 heteroatoms. The summed E-state index contributed by atoms with van der Waals surface area (Å²) in [6.45, 7) is 4.75. The predicted molar refractivity (Wildman–Crippen MR) is 111 cm³/mol. The number of rotatable bonds is 5. The van der Waals surface area contributed by atoms with E-state index in [1.807, 2.05) is 4.57 Å². The number of para-hydroxylation sites is 1. The third-order valence-corrected chi connectivity index (χ3v) is 5.21. The molecule has 0 aliphatic rings. The molecule has 8 nitrogen and oxygen atoms in total. The lowest BCUT2D eigenvalue weighted by Crippen LogP contribution is -2.38. The van der Waals surface area contributed by atoms with Crippen LogP contribution in [0.5, 0.6) is 0 Å². The molecule has 29 heavy (non-hydrogen) atoms. The fourth-order valence-electron chi connectivity index (χ4n) is 3.46. The van der Waals surface area contributed by atoms with Gasteiger partial charge in [-0.3, -0.25) is 4.79 Å². The summed E-state index contributed by atoms with van der Waals surface area (Å²) < 4.78 is 4.25. The molecule has 0 aliphatic heterocycles. The summed E-state index contributed by atoms with van der Waals surface area (Å²) in [6, 6.07) is 13.6. The van der Waals surface area contributed by atoms with Crippen LogP contribution in [0.4, 0.5) is 0 Å². The lowest BCUT2D eigenvalue weighted by atomic mass is 10.1. The summed E-state index contributed by atoms with van der Waals surface area (Å²) >= 11 is 0. The third kappa shape index (κ3) is 3.02. The van der Waals surface area contributed by atoms with Crippen LogP contribution in [-0.2, 0) is 6.54 Å². The largest absolute Gasteiger partial charge is 0.366 e. The smallest absolute Gasteiger partial charge is 0.359 e. The van der Waals surface area contributed by atoms with Crippen LogP contribution in [-0.4, -0.2) is 24.4 Å². The van der Waals surface area contributed by atoms with Crippen LogP contribution in [0.1, 0.15) is 30.6 Å². The van der Waals surface area contributed by atoms with E-state index in [4.69, 9.17) is 5.73 Å². The normalized spacial score (nSPS) is 12.5. The van der Waals surface area contributed by atoms with Gasteiger partial charge in [0.1, 0.15) is 0 Å². The monoisotopic (exact) mass is 391 g/mol. The minimum atomic E-state index is -0.649. The van der Waals surface area contributed by atoms with Crippen LogP contribution < -0.4 is 17.1 Å². The van der Waals surface area contributed by atoms with Gasteiger partial charge in [-0.1, -0.05) is 38.5 Å². The molecule has 0 spiro atoms. The minimum Gasteiger partial charge on any atom is -0.366 e. The quantitative estimate of drug-likeness (QED) is 0.561. The molecule has 1 atom stereocenters. The minimum absolute atomic E-state index is 0.254. The standard InChI is InChI=1S/C21H21N5O3/c1-3-13(2)12-24-16-10-9-14(18(22)27)11-17(16)26-19(24)23-20(28)25(21(26)29)15-7-5-4-6-8-15/h4-11,13H,3,12H2,1-2H3,(H2,22,27). The third-order valence-electron chi connectivity index (χ3n) is 5.21. The number of carbonyl (C=O) groups excluding carboxylic acids is 1. The summed E-state index contributed by atoms with van der Waals surface area (Å²) in [5.41, 5.74) is 6.16. The van der Waals surface area contributed by atoms with Gasteiger partial charge in [-0.2, -0.15) is 4.98 Å². The summed E-state index contributed by atoms with van der Waals surface area (Å²) in [7, 11) is 0. The van der Waals surface area contributed by atoms with Crippen LogP contribution in [0, 0.1) is 5.92 Å². The van der Waals surface area contributed by atoms with Crippen molar-refractivity contribution in [3.63, 3.8) is 0 Å². The molecule has 0 saturated carbocycles. The van der Waals surface area contributed by atoms with Gasteiger partial charge in [-0.25, -0.2) is 18.6 Å². The Kier molecular flexibility index (Phi) is 4.54. The van der Waals surface area contributed by atoms with Crippen LogP contribution in [0.15, 0.2) is 58.1 Å². The molecule has 148 valence electrons. The fraction of sp³-hybridized carbons (Fsp3) is 0.238. The summed E-state index contributed by atoms with van der Waals surface area (Å²) in [5, 5.41) is 0. The Balaban J connectivity index is 2.15. The van der Waals surface area contributed by atoms with Crippen molar-refractivity contribution in [1.29, 1.82) is 0 Å². The van der Waals surface area contributed by atoms with Crippen molar-refractivity contribution in [1.82, 2.24) is 18.5 Å². The molecular weight excluding hydrogens is 370 g/mol. The van der Waals surface area contributed by atoms with E-state index in [9.17, 15) is 14.4 Å². The van der Waals surface area contributed by atoms with Gasteiger partial charge in [0.05, 0.1) is 16.7 Å². The van der Waals surface area contributed by atoms with E-state index in [-0.39, 0.29) is 11.3 Å². The molecule has 4 aromatic rings. The molecule has 2 aromatic carbocycles. The number of hydrogen-bond acceptors (Lipinski definition) is 4. The molecule has 2 aromatic heterocycles. The average molecular weight is 391 g/mol. The Bertz CT molecular complexity index is 1350. The maximum atomic E-state index is 13.4. The molecule has 1 amide bonds. The number of aromatic nitrogens is 4. The van der Waals surface area contributed by atoms with Gasteiger partial charge in [0, 0.05) is 12.1 Å². The van der Waals surface area contributed by atoms with Crippen LogP contribution in [0.25, 0.3) is 22.5 Å². The van der Waals surface area contributed by atoms with Crippen molar-refractivity contribution in [3.8, 4) is 5.69 Å². The van der Waals surface area contributed by atoms with Crippen LogP contribution in [0.2, 0.25) is 0 Å². The SMILES string of the molecule is CCC(C)Cn1c2ccc(C(N)=O)cc2n2c(=O)n(-c3ccccc3)c(=O)nc12. The van der Waals surface area contributed by atoms with Crippen molar-refractivity contribution in [2.75, 3.05) is 0 Å². The lowest BCUT2D eigenvalue weighted by Gasteiger charge is -2.11. The van der Waals surface area contributed by atoms with Gasteiger partial charge in [0.2, 0.25) is 11.7 Å². The number of primary amides is 1. The zero-order chi connectivity index (χ0) is 20.7. The van der Waals surface area contributed by atoms with Gasteiger partial charge in [0.15, 0.2) is 0 Å². The predicted octanol–water partition coefficient (Wildman–Crippen LogP) is 1.95. The lowest BCUT2D eigenvalue weighted by molar-refractivity contribution is 0.100. The van der Waals surface area contributed by atoms with Gasteiger partial charge >= 0.3 is 11.4 Å². The summed E-state index contributed by atoms with van der Waals surface area (Å²) in [5.74, 6) is -0.0325. The second kappa shape index (κ2) is 7.05. The highest BCUT2D eigenvalue weighted by atomic mass is 16.2. The number of carbonyl (C=O) groups is 1. The second-order valence-electron chi connectivity index (χ2n) is 7.18. The topological polar surface area (TPSA) is 104 Å². The molecule has 1 unspecified atom stereocenters.